The third kappa shape index (κ3) is 7.95. The van der Waals surface area contributed by atoms with E-state index in [0.29, 0.717) is 18.7 Å². The lowest BCUT2D eigenvalue weighted by atomic mass is 10.1. The summed E-state index contributed by atoms with van der Waals surface area (Å²) in [5, 5.41) is 13.5. The van der Waals surface area contributed by atoms with E-state index in [1.54, 1.807) is 18.1 Å². The SMILES string of the molecule is CCNC(=NCc1cccc(Cn2cncn2)c1)NCCc1cccc(C(=O)NC)c1.I. The van der Waals surface area contributed by atoms with Crippen molar-refractivity contribution < 1.29 is 4.79 Å². The van der Waals surface area contributed by atoms with E-state index in [-0.39, 0.29) is 29.9 Å². The van der Waals surface area contributed by atoms with Gasteiger partial charge in [-0.25, -0.2) is 14.7 Å². The molecule has 1 amide bonds. The molecule has 0 saturated heterocycles. The minimum Gasteiger partial charge on any atom is -0.357 e. The van der Waals surface area contributed by atoms with E-state index in [1.807, 2.05) is 37.3 Å². The van der Waals surface area contributed by atoms with Crippen LogP contribution >= 0.6 is 24.0 Å². The smallest absolute Gasteiger partial charge is 0.251 e. The van der Waals surface area contributed by atoms with Crippen LogP contribution in [0.3, 0.4) is 0 Å². The summed E-state index contributed by atoms with van der Waals surface area (Å²) in [5.74, 6) is 0.697. The van der Waals surface area contributed by atoms with Crippen LogP contribution in [0.15, 0.2) is 66.2 Å². The number of aromatic nitrogens is 3. The van der Waals surface area contributed by atoms with Gasteiger partial charge in [-0.2, -0.15) is 5.10 Å². The van der Waals surface area contributed by atoms with Gasteiger partial charge < -0.3 is 16.0 Å². The molecule has 3 N–H and O–H groups in total. The lowest BCUT2D eigenvalue weighted by Gasteiger charge is -2.12. The monoisotopic (exact) mass is 547 g/mol. The second-order valence-electron chi connectivity index (χ2n) is 7.06. The van der Waals surface area contributed by atoms with E-state index in [1.165, 1.54) is 6.33 Å². The van der Waals surface area contributed by atoms with Crippen LogP contribution in [0, 0.1) is 0 Å². The average molecular weight is 547 g/mol. The second kappa shape index (κ2) is 13.5. The van der Waals surface area contributed by atoms with Crippen molar-refractivity contribution in [3.05, 3.63) is 83.4 Å². The van der Waals surface area contributed by atoms with Crippen LogP contribution in [0.5, 0.6) is 0 Å². The maximum Gasteiger partial charge on any atom is 0.251 e. The van der Waals surface area contributed by atoms with Gasteiger partial charge >= 0.3 is 0 Å². The minimum absolute atomic E-state index is 0. The lowest BCUT2D eigenvalue weighted by Crippen LogP contribution is -2.38. The second-order valence-corrected chi connectivity index (χ2v) is 7.06. The Morgan fingerprint density at radius 2 is 1.84 bits per heavy atom. The topological polar surface area (TPSA) is 96.2 Å². The van der Waals surface area contributed by atoms with E-state index in [2.05, 4.69) is 44.2 Å². The van der Waals surface area contributed by atoms with E-state index in [0.717, 1.165) is 42.2 Å². The molecule has 0 bridgehead atoms. The summed E-state index contributed by atoms with van der Waals surface area (Å²) in [6.45, 7) is 4.81. The number of halogens is 1. The Labute approximate surface area is 206 Å². The fraction of sp³-hybridized carbons (Fsp3) is 0.304. The predicted molar refractivity (Wildman–Crippen MR) is 137 cm³/mol. The Bertz CT molecular complexity index is 1010. The molecule has 3 rings (SSSR count). The van der Waals surface area contributed by atoms with Gasteiger partial charge in [0.2, 0.25) is 0 Å². The maximum atomic E-state index is 11.8. The highest BCUT2D eigenvalue weighted by Crippen LogP contribution is 2.08. The number of rotatable bonds is 9. The quantitative estimate of drug-likeness (QED) is 0.218. The summed E-state index contributed by atoms with van der Waals surface area (Å²) in [4.78, 5) is 20.5. The van der Waals surface area contributed by atoms with Gasteiger partial charge in [0.25, 0.3) is 5.91 Å². The highest BCUT2D eigenvalue weighted by molar-refractivity contribution is 14.0. The third-order valence-electron chi connectivity index (χ3n) is 4.69. The molecule has 0 spiro atoms. The van der Waals surface area contributed by atoms with Gasteiger partial charge in [0.1, 0.15) is 12.7 Å². The molecular weight excluding hydrogens is 517 g/mol. The van der Waals surface area contributed by atoms with Gasteiger partial charge in [0.15, 0.2) is 5.96 Å². The highest BCUT2D eigenvalue weighted by Gasteiger charge is 2.04. The van der Waals surface area contributed by atoms with Crippen molar-refractivity contribution in [3.63, 3.8) is 0 Å². The Morgan fingerprint density at radius 1 is 1.06 bits per heavy atom. The standard InChI is InChI=1S/C23H29N7O.HI/c1-3-26-23(27-11-10-18-6-5-9-21(13-18)22(31)24-2)28-14-19-7-4-8-20(12-19)15-30-17-25-16-29-30;/h4-9,12-13,16-17H,3,10-11,14-15H2,1-2H3,(H,24,31)(H2,26,27,28);1H. The van der Waals surface area contributed by atoms with Gasteiger partial charge in [0, 0.05) is 25.7 Å². The zero-order chi connectivity index (χ0) is 21.9. The molecule has 170 valence electrons. The number of nitrogens with zero attached hydrogens (tertiary/aromatic N) is 4. The minimum atomic E-state index is -0.0734. The summed E-state index contributed by atoms with van der Waals surface area (Å²) in [6, 6.07) is 16.0. The summed E-state index contributed by atoms with van der Waals surface area (Å²) in [6.07, 6.45) is 4.04. The van der Waals surface area contributed by atoms with E-state index in [9.17, 15) is 4.79 Å². The van der Waals surface area contributed by atoms with Crippen LogP contribution in [-0.2, 0) is 19.5 Å². The van der Waals surface area contributed by atoms with Crippen molar-refractivity contribution in [3.8, 4) is 0 Å². The molecule has 1 heterocycles. The van der Waals surface area contributed by atoms with E-state index in [4.69, 9.17) is 4.99 Å². The first kappa shape index (κ1) is 25.3. The van der Waals surface area contributed by atoms with Crippen molar-refractivity contribution in [1.82, 2.24) is 30.7 Å². The molecule has 0 fully saturated rings. The average Bonchev–Trinajstić information content (AvgIpc) is 3.30. The Kier molecular flexibility index (Phi) is 10.6. The fourth-order valence-corrected chi connectivity index (χ4v) is 3.18. The van der Waals surface area contributed by atoms with E-state index < -0.39 is 0 Å². The number of carbonyl (C=O) groups is 1. The molecule has 3 aromatic rings. The number of nitrogens with one attached hydrogen (secondary N) is 3. The van der Waals surface area contributed by atoms with Gasteiger partial charge in [-0.1, -0.05) is 36.4 Å². The lowest BCUT2D eigenvalue weighted by molar-refractivity contribution is 0.0963. The van der Waals surface area contributed by atoms with Gasteiger partial charge in [-0.15, -0.1) is 24.0 Å². The van der Waals surface area contributed by atoms with Gasteiger partial charge in [-0.05, 0) is 42.2 Å². The summed E-state index contributed by atoms with van der Waals surface area (Å²) in [5.41, 5.74) is 4.07. The number of hydrogen-bond acceptors (Lipinski definition) is 4. The summed E-state index contributed by atoms with van der Waals surface area (Å²) >= 11 is 0. The van der Waals surface area contributed by atoms with Crippen molar-refractivity contribution in [2.75, 3.05) is 20.1 Å². The normalized spacial score (nSPS) is 10.9. The summed E-state index contributed by atoms with van der Waals surface area (Å²) < 4.78 is 1.80. The van der Waals surface area contributed by atoms with Crippen LogP contribution in [0.2, 0.25) is 0 Å². The summed E-state index contributed by atoms with van der Waals surface area (Å²) in [7, 11) is 1.64. The molecular formula is C23H30IN7O. The molecule has 9 heteroatoms. The van der Waals surface area contributed by atoms with Crippen molar-refractivity contribution in [2.45, 2.75) is 26.4 Å². The molecule has 1 aromatic heterocycles. The molecule has 0 radical (unpaired) electrons. The highest BCUT2D eigenvalue weighted by atomic mass is 127. The van der Waals surface area contributed by atoms with Crippen molar-refractivity contribution in [2.24, 2.45) is 4.99 Å². The number of aliphatic imine (C=N–C) groups is 1. The molecule has 8 nitrogen and oxygen atoms in total. The largest absolute Gasteiger partial charge is 0.357 e. The van der Waals surface area contributed by atoms with Crippen LogP contribution in [0.25, 0.3) is 0 Å². The molecule has 0 atom stereocenters. The molecule has 32 heavy (non-hydrogen) atoms. The Hall–Kier alpha value is -2.95. The van der Waals surface area contributed by atoms with Crippen molar-refractivity contribution >= 4 is 35.8 Å². The maximum absolute atomic E-state index is 11.8. The molecule has 0 saturated carbocycles. The van der Waals surface area contributed by atoms with Crippen LogP contribution in [0.4, 0.5) is 0 Å². The van der Waals surface area contributed by atoms with Crippen LogP contribution in [0.1, 0.15) is 34.0 Å². The molecule has 0 aliphatic rings. The fourth-order valence-electron chi connectivity index (χ4n) is 3.18. The first-order valence-electron chi connectivity index (χ1n) is 10.4. The number of amides is 1. The van der Waals surface area contributed by atoms with Crippen LogP contribution in [-0.4, -0.2) is 46.8 Å². The Balaban J connectivity index is 0.00000363. The number of carbonyl (C=O) groups excluding carboxylic acids is 1. The number of hydrogen-bond donors (Lipinski definition) is 3. The number of benzene rings is 2. The third-order valence-corrected chi connectivity index (χ3v) is 4.69. The number of guanidine groups is 1. The molecule has 0 unspecified atom stereocenters. The van der Waals surface area contributed by atoms with Gasteiger partial charge in [0.05, 0.1) is 13.1 Å². The molecule has 0 aliphatic heterocycles. The first-order valence-corrected chi connectivity index (χ1v) is 10.4. The molecule has 2 aromatic carbocycles. The molecule has 0 aliphatic carbocycles. The Morgan fingerprint density at radius 3 is 2.59 bits per heavy atom. The van der Waals surface area contributed by atoms with E-state index >= 15 is 0 Å². The van der Waals surface area contributed by atoms with Gasteiger partial charge in [-0.3, -0.25) is 4.79 Å². The zero-order valence-corrected chi connectivity index (χ0v) is 20.7. The zero-order valence-electron chi connectivity index (χ0n) is 18.4. The van der Waals surface area contributed by atoms with Crippen LogP contribution < -0.4 is 16.0 Å². The predicted octanol–water partition coefficient (Wildman–Crippen LogP) is 2.60. The first-order chi connectivity index (χ1) is 15.2. The van der Waals surface area contributed by atoms with Crippen molar-refractivity contribution in [1.29, 1.82) is 0 Å².